The van der Waals surface area contributed by atoms with Crippen LogP contribution in [0.1, 0.15) is 22.3 Å². The van der Waals surface area contributed by atoms with E-state index in [4.69, 9.17) is 11.5 Å². The fraction of sp³-hybridized carbons (Fsp3) is 0.267. The summed E-state index contributed by atoms with van der Waals surface area (Å²) in [6.07, 6.45) is 7.98. The fourth-order valence-electron chi connectivity index (χ4n) is 4.70. The zero-order valence-electron chi connectivity index (χ0n) is 20.9. The van der Waals surface area contributed by atoms with E-state index in [-0.39, 0.29) is 5.82 Å². The second kappa shape index (κ2) is 12.5. The number of likely N-dealkylation sites (N-methyl/N-ethyl adjacent to an activating group) is 1. The molecule has 0 saturated heterocycles. The predicted octanol–water partition coefficient (Wildman–Crippen LogP) is 4.85. The first-order valence-corrected chi connectivity index (χ1v) is 12.6. The van der Waals surface area contributed by atoms with E-state index >= 15 is 0 Å². The highest BCUT2D eigenvalue weighted by molar-refractivity contribution is 5.83. The largest absolute Gasteiger partial charge is 0.361 e. The molecule has 0 saturated carbocycles. The predicted molar refractivity (Wildman–Crippen MR) is 149 cm³/mol. The molecule has 2 heterocycles. The molecule has 2 aromatic heterocycles. The van der Waals surface area contributed by atoms with Gasteiger partial charge in [-0.2, -0.15) is 0 Å². The van der Waals surface area contributed by atoms with E-state index < -0.39 is 0 Å². The van der Waals surface area contributed by atoms with Gasteiger partial charge >= 0.3 is 0 Å². The Hall–Kier alpha value is -3.45. The molecule has 1 aliphatic carbocycles. The number of nitrogens with two attached hydrogens (primary N) is 2. The van der Waals surface area contributed by atoms with Crippen molar-refractivity contribution in [3.05, 3.63) is 107 Å². The number of aromatic amines is 2. The summed E-state index contributed by atoms with van der Waals surface area (Å²) < 4.78 is 13.0. The summed E-state index contributed by atoms with van der Waals surface area (Å²) in [6, 6.07) is 22.0. The molecular weight excluding hydrogens is 449 g/mol. The molecule has 0 spiro atoms. The van der Waals surface area contributed by atoms with Crippen LogP contribution in [0.15, 0.2) is 79.1 Å². The Balaban J connectivity index is 0.000000128. The first-order valence-electron chi connectivity index (χ1n) is 12.6. The van der Waals surface area contributed by atoms with Crippen LogP contribution in [-0.2, 0) is 25.7 Å². The lowest BCUT2D eigenvalue weighted by molar-refractivity contribution is 0.629. The molecule has 5 nitrogen and oxygen atoms in total. The van der Waals surface area contributed by atoms with Crippen molar-refractivity contribution in [1.82, 2.24) is 15.3 Å². The molecule has 6 rings (SSSR count). The van der Waals surface area contributed by atoms with Gasteiger partial charge in [-0.3, -0.25) is 0 Å². The Morgan fingerprint density at radius 3 is 2.11 bits per heavy atom. The smallest absolute Gasteiger partial charge is 0.123 e. The maximum absolute atomic E-state index is 13.0. The van der Waals surface area contributed by atoms with Crippen molar-refractivity contribution < 1.29 is 4.39 Å². The lowest BCUT2D eigenvalue weighted by atomic mass is 10.1. The first-order chi connectivity index (χ1) is 17.6. The maximum Gasteiger partial charge on any atom is 0.123 e. The summed E-state index contributed by atoms with van der Waals surface area (Å²) in [6.45, 7) is 1.62. The highest BCUT2D eigenvalue weighted by Gasteiger charge is 2.16. The van der Waals surface area contributed by atoms with Crippen molar-refractivity contribution in [3.8, 4) is 0 Å². The van der Waals surface area contributed by atoms with Crippen LogP contribution in [0, 0.1) is 5.82 Å². The molecule has 0 unspecified atom stereocenters. The second-order valence-corrected chi connectivity index (χ2v) is 9.19. The molecule has 0 aliphatic heterocycles. The zero-order chi connectivity index (χ0) is 25.3. The Kier molecular flexibility index (Phi) is 8.90. The molecule has 0 amide bonds. The SMILES string of the molecule is CNCCc1c[nH]c2ccc(F)cc12.NC1Cc2ccccc2C1.NCCc1c[nH]c2ccccc12. The van der Waals surface area contributed by atoms with E-state index in [1.807, 2.05) is 25.5 Å². The van der Waals surface area contributed by atoms with Gasteiger partial charge in [0.15, 0.2) is 0 Å². The Morgan fingerprint density at radius 1 is 0.833 bits per heavy atom. The van der Waals surface area contributed by atoms with Crippen molar-refractivity contribution in [3.63, 3.8) is 0 Å². The molecule has 0 fully saturated rings. The van der Waals surface area contributed by atoms with E-state index in [0.29, 0.717) is 12.6 Å². The lowest BCUT2D eigenvalue weighted by Crippen LogP contribution is -2.18. The molecule has 3 aromatic carbocycles. The van der Waals surface area contributed by atoms with Crippen LogP contribution in [-0.4, -0.2) is 36.1 Å². The third-order valence-corrected chi connectivity index (χ3v) is 6.54. The maximum atomic E-state index is 13.0. The number of benzene rings is 3. The Bertz CT molecular complexity index is 1360. The van der Waals surface area contributed by atoms with Gasteiger partial charge in [0.25, 0.3) is 0 Å². The molecule has 0 atom stereocenters. The third-order valence-electron chi connectivity index (χ3n) is 6.54. The number of H-pyrrole nitrogens is 2. The number of para-hydroxylation sites is 1. The Morgan fingerprint density at radius 2 is 1.44 bits per heavy atom. The number of nitrogens with one attached hydrogen (secondary N) is 3. The summed E-state index contributed by atoms with van der Waals surface area (Å²) >= 11 is 0. The fourth-order valence-corrected chi connectivity index (χ4v) is 4.70. The number of fused-ring (bicyclic) bond motifs is 3. The quantitative estimate of drug-likeness (QED) is 0.246. The van der Waals surface area contributed by atoms with Crippen LogP contribution in [0.5, 0.6) is 0 Å². The highest BCUT2D eigenvalue weighted by atomic mass is 19.1. The van der Waals surface area contributed by atoms with Crippen molar-refractivity contribution in [2.75, 3.05) is 20.1 Å². The number of rotatable bonds is 5. The van der Waals surface area contributed by atoms with E-state index in [1.165, 1.54) is 33.7 Å². The van der Waals surface area contributed by atoms with Gasteiger partial charge in [-0.05, 0) is 92.3 Å². The van der Waals surface area contributed by atoms with Gasteiger partial charge in [0, 0.05) is 40.2 Å². The normalized spacial score (nSPS) is 12.7. The molecule has 36 heavy (non-hydrogen) atoms. The molecule has 0 bridgehead atoms. The minimum absolute atomic E-state index is 0.178. The summed E-state index contributed by atoms with van der Waals surface area (Å²) in [5.41, 5.74) is 18.8. The number of hydrogen-bond acceptors (Lipinski definition) is 3. The van der Waals surface area contributed by atoms with Gasteiger partial charge in [-0.1, -0.05) is 42.5 Å². The van der Waals surface area contributed by atoms with Crippen LogP contribution in [0.4, 0.5) is 4.39 Å². The number of halogens is 1. The minimum Gasteiger partial charge on any atom is -0.361 e. The van der Waals surface area contributed by atoms with Crippen LogP contribution in [0.25, 0.3) is 21.8 Å². The van der Waals surface area contributed by atoms with Gasteiger partial charge in [0.05, 0.1) is 0 Å². The van der Waals surface area contributed by atoms with Crippen LogP contribution in [0.2, 0.25) is 0 Å². The average Bonchev–Trinajstić information content (AvgIpc) is 3.60. The third kappa shape index (κ3) is 6.40. The molecule has 1 aliphatic rings. The van der Waals surface area contributed by atoms with Gasteiger partial charge in [-0.15, -0.1) is 0 Å². The first kappa shape index (κ1) is 25.6. The van der Waals surface area contributed by atoms with Crippen molar-refractivity contribution in [1.29, 1.82) is 0 Å². The Labute approximate surface area is 212 Å². The van der Waals surface area contributed by atoms with Crippen molar-refractivity contribution in [2.45, 2.75) is 31.7 Å². The van der Waals surface area contributed by atoms with Crippen LogP contribution >= 0.6 is 0 Å². The number of hydrogen-bond donors (Lipinski definition) is 5. The molecular formula is C30H36FN5. The van der Waals surface area contributed by atoms with Crippen LogP contribution in [0.3, 0.4) is 0 Å². The topological polar surface area (TPSA) is 95.7 Å². The summed E-state index contributed by atoms with van der Waals surface area (Å²) in [4.78, 5) is 6.35. The van der Waals surface area contributed by atoms with Gasteiger partial charge in [0.1, 0.15) is 5.82 Å². The summed E-state index contributed by atoms with van der Waals surface area (Å²) in [5, 5.41) is 5.36. The van der Waals surface area contributed by atoms with Crippen molar-refractivity contribution >= 4 is 21.8 Å². The molecule has 5 aromatic rings. The van der Waals surface area contributed by atoms with E-state index in [2.05, 4.69) is 57.7 Å². The molecule has 7 N–H and O–H groups in total. The minimum atomic E-state index is -0.178. The lowest BCUT2D eigenvalue weighted by Gasteiger charge is -1.98. The second-order valence-electron chi connectivity index (χ2n) is 9.19. The highest BCUT2D eigenvalue weighted by Crippen LogP contribution is 2.21. The van der Waals surface area contributed by atoms with Gasteiger partial charge < -0.3 is 26.8 Å². The van der Waals surface area contributed by atoms with Crippen molar-refractivity contribution in [2.24, 2.45) is 11.5 Å². The van der Waals surface area contributed by atoms with E-state index in [0.717, 1.165) is 48.7 Å². The molecule has 0 radical (unpaired) electrons. The molecule has 188 valence electrons. The van der Waals surface area contributed by atoms with E-state index in [9.17, 15) is 4.39 Å². The van der Waals surface area contributed by atoms with E-state index in [1.54, 1.807) is 12.1 Å². The molecule has 6 heteroatoms. The van der Waals surface area contributed by atoms with Gasteiger partial charge in [-0.25, -0.2) is 4.39 Å². The van der Waals surface area contributed by atoms with Gasteiger partial charge in [0.2, 0.25) is 0 Å². The standard InChI is InChI=1S/C11H13FN2.C10H12N2.C9H11N/c1-13-5-4-8-7-14-11-3-2-9(12)6-10(8)11;11-6-5-8-7-12-10-4-2-1-3-9(8)10;10-9-5-7-3-1-2-4-8(7)6-9/h2-3,6-7,13-14H,4-5H2,1H3;1-4,7,12H,5-6,11H2;1-4,9H,5-6,10H2. The number of aromatic nitrogens is 2. The average molecular weight is 486 g/mol. The van der Waals surface area contributed by atoms with Crippen LogP contribution < -0.4 is 16.8 Å². The zero-order valence-corrected chi connectivity index (χ0v) is 20.9. The monoisotopic (exact) mass is 485 g/mol. The summed E-state index contributed by atoms with van der Waals surface area (Å²) in [7, 11) is 1.91. The summed E-state index contributed by atoms with van der Waals surface area (Å²) in [5.74, 6) is -0.178.